The molecule has 0 atom stereocenters. The van der Waals surface area contributed by atoms with Crippen molar-refractivity contribution in [2.45, 2.75) is 6.92 Å². The van der Waals surface area contributed by atoms with Gasteiger partial charge in [0.25, 0.3) is 0 Å². The average molecular weight is 256 g/mol. The van der Waals surface area contributed by atoms with Crippen LogP contribution in [-0.2, 0) is 19.6 Å². The summed E-state index contributed by atoms with van der Waals surface area (Å²) >= 11 is 0. The van der Waals surface area contributed by atoms with Gasteiger partial charge in [0, 0.05) is 17.7 Å². The van der Waals surface area contributed by atoms with Crippen LogP contribution < -0.4 is 3.97 Å². The molecule has 0 bridgehead atoms. The highest BCUT2D eigenvalue weighted by molar-refractivity contribution is 7.84. The molecule has 0 spiro atoms. The number of rotatable bonds is 5. The fraction of sp³-hybridized carbons (Fsp3) is 0.273. The number of carbonyl (C=O) groups excluding carboxylic acids is 1. The van der Waals surface area contributed by atoms with Crippen LogP contribution >= 0.6 is 0 Å². The Labute approximate surface area is 100 Å². The summed E-state index contributed by atoms with van der Waals surface area (Å²) in [7, 11) is -3.47. The Morgan fingerprint density at radius 1 is 1.29 bits per heavy atom. The second kappa shape index (κ2) is 5.58. The van der Waals surface area contributed by atoms with Gasteiger partial charge in [0.15, 0.2) is 12.4 Å². The van der Waals surface area contributed by atoms with E-state index in [0.717, 1.165) is 3.97 Å². The number of esters is 1. The van der Waals surface area contributed by atoms with Crippen molar-refractivity contribution < 1.29 is 21.9 Å². The maximum Gasteiger partial charge on any atom is 0.372 e. The second-order valence-corrected chi connectivity index (χ2v) is 5.43. The SMILES string of the molecule is C=C(C)C(=O)OCCS(=O)(=O)[n+]1ccccc1. The van der Waals surface area contributed by atoms with Crippen molar-refractivity contribution in [2.24, 2.45) is 0 Å². The summed E-state index contributed by atoms with van der Waals surface area (Å²) in [6.45, 7) is 4.72. The molecule has 92 valence electrons. The lowest BCUT2D eigenvalue weighted by Crippen LogP contribution is -2.44. The van der Waals surface area contributed by atoms with Crippen LogP contribution in [0.2, 0.25) is 0 Å². The van der Waals surface area contributed by atoms with Crippen LogP contribution in [0.1, 0.15) is 6.92 Å². The zero-order chi connectivity index (χ0) is 12.9. The van der Waals surface area contributed by atoms with E-state index in [-0.39, 0.29) is 17.9 Å². The smallest absolute Gasteiger partial charge is 0.372 e. The molecule has 0 unspecified atom stereocenters. The summed E-state index contributed by atoms with van der Waals surface area (Å²) in [5, 5.41) is 0. The Bertz CT molecular complexity index is 508. The molecule has 0 saturated carbocycles. The van der Waals surface area contributed by atoms with E-state index >= 15 is 0 Å². The van der Waals surface area contributed by atoms with Crippen LogP contribution in [0.4, 0.5) is 0 Å². The zero-order valence-corrected chi connectivity index (χ0v) is 10.3. The first kappa shape index (κ1) is 13.4. The van der Waals surface area contributed by atoms with Gasteiger partial charge in [0.1, 0.15) is 12.4 Å². The molecule has 0 aromatic carbocycles. The van der Waals surface area contributed by atoms with Gasteiger partial charge in [-0.3, -0.25) is 0 Å². The number of nitrogens with zero attached hydrogens (tertiary/aromatic N) is 1. The largest absolute Gasteiger partial charge is 0.461 e. The van der Waals surface area contributed by atoms with Crippen LogP contribution in [0.5, 0.6) is 0 Å². The van der Waals surface area contributed by atoms with Gasteiger partial charge in [0.05, 0.1) is 0 Å². The van der Waals surface area contributed by atoms with E-state index in [4.69, 9.17) is 4.74 Å². The Balaban J connectivity index is 2.58. The molecule has 0 fully saturated rings. The minimum atomic E-state index is -3.47. The lowest BCUT2D eigenvalue weighted by Gasteiger charge is -2.02. The highest BCUT2D eigenvalue weighted by Crippen LogP contribution is 1.93. The van der Waals surface area contributed by atoms with Crippen LogP contribution in [0, 0.1) is 0 Å². The van der Waals surface area contributed by atoms with Gasteiger partial charge in [0.2, 0.25) is 0 Å². The molecule has 0 amide bonds. The molecular formula is C11H14NO4S+. The normalized spacial score (nSPS) is 10.9. The number of carbonyl (C=O) groups is 1. The average Bonchev–Trinajstić information content (AvgIpc) is 2.29. The first-order valence-corrected chi connectivity index (χ1v) is 6.56. The molecule has 0 saturated heterocycles. The lowest BCUT2D eigenvalue weighted by atomic mass is 10.4. The van der Waals surface area contributed by atoms with Crippen molar-refractivity contribution in [3.05, 3.63) is 42.7 Å². The number of hydrogen-bond acceptors (Lipinski definition) is 4. The van der Waals surface area contributed by atoms with E-state index in [9.17, 15) is 13.2 Å². The van der Waals surface area contributed by atoms with Gasteiger partial charge in [-0.25, -0.2) is 4.79 Å². The molecule has 17 heavy (non-hydrogen) atoms. The third kappa shape index (κ3) is 3.99. The third-order valence-electron chi connectivity index (χ3n) is 1.93. The van der Waals surface area contributed by atoms with Crippen molar-refractivity contribution in [1.29, 1.82) is 0 Å². The molecule has 0 N–H and O–H groups in total. The summed E-state index contributed by atoms with van der Waals surface area (Å²) in [5.41, 5.74) is 0.245. The Hall–Kier alpha value is -1.69. The summed E-state index contributed by atoms with van der Waals surface area (Å²) in [6, 6.07) is 4.93. The quantitative estimate of drug-likeness (QED) is 0.431. The zero-order valence-electron chi connectivity index (χ0n) is 9.50. The standard InChI is InChI=1S/C11H14NO4S/c1-10(2)11(13)16-8-9-17(14,15)12-6-4-3-5-7-12/h3-7H,1,8-9H2,2H3/q+1. The molecule has 0 aliphatic heterocycles. The van der Waals surface area contributed by atoms with Crippen molar-refractivity contribution in [3.8, 4) is 0 Å². The van der Waals surface area contributed by atoms with Gasteiger partial charge in [-0.05, 0) is 6.92 Å². The molecule has 5 nitrogen and oxygen atoms in total. The third-order valence-corrected chi connectivity index (χ3v) is 3.50. The molecule has 0 radical (unpaired) electrons. The Morgan fingerprint density at radius 3 is 2.41 bits per heavy atom. The predicted molar refractivity (Wildman–Crippen MR) is 61.6 cm³/mol. The van der Waals surface area contributed by atoms with Crippen molar-refractivity contribution in [2.75, 3.05) is 12.4 Å². The van der Waals surface area contributed by atoms with Crippen molar-refractivity contribution in [1.82, 2.24) is 0 Å². The van der Waals surface area contributed by atoms with Crippen molar-refractivity contribution in [3.63, 3.8) is 0 Å². The van der Waals surface area contributed by atoms with Gasteiger partial charge in [-0.15, -0.1) is 0 Å². The number of pyridine rings is 1. The molecule has 1 heterocycles. The van der Waals surface area contributed by atoms with Crippen LogP contribution in [-0.4, -0.2) is 26.7 Å². The summed E-state index contributed by atoms with van der Waals surface area (Å²) in [6.07, 6.45) is 2.85. The van der Waals surface area contributed by atoms with E-state index in [1.54, 1.807) is 18.2 Å². The molecule has 6 heteroatoms. The van der Waals surface area contributed by atoms with Crippen LogP contribution in [0.3, 0.4) is 0 Å². The second-order valence-electron chi connectivity index (χ2n) is 3.44. The van der Waals surface area contributed by atoms with Gasteiger partial charge >= 0.3 is 16.0 Å². The first-order chi connectivity index (χ1) is 7.93. The van der Waals surface area contributed by atoms with Crippen molar-refractivity contribution >= 4 is 16.0 Å². The summed E-state index contributed by atoms with van der Waals surface area (Å²) in [5.74, 6) is -0.848. The molecular weight excluding hydrogens is 242 g/mol. The maximum absolute atomic E-state index is 11.7. The fourth-order valence-corrected chi connectivity index (χ4v) is 2.05. The first-order valence-electron chi connectivity index (χ1n) is 4.95. The van der Waals surface area contributed by atoms with E-state index in [1.807, 2.05) is 0 Å². The summed E-state index contributed by atoms with van der Waals surface area (Å²) in [4.78, 5) is 11.0. The van der Waals surface area contributed by atoms with Crippen LogP contribution in [0.15, 0.2) is 42.7 Å². The lowest BCUT2D eigenvalue weighted by molar-refractivity contribution is -0.511. The maximum atomic E-state index is 11.7. The van der Waals surface area contributed by atoms with E-state index in [1.165, 1.54) is 19.3 Å². The number of aromatic nitrogens is 1. The predicted octanol–water partition coefficient (Wildman–Crippen LogP) is 0.271. The number of hydrogen-bond donors (Lipinski definition) is 0. The van der Waals surface area contributed by atoms with E-state index in [0.29, 0.717) is 0 Å². The van der Waals surface area contributed by atoms with Gasteiger partial charge in [-0.1, -0.05) is 16.6 Å². The molecule has 0 aliphatic carbocycles. The molecule has 1 rings (SSSR count). The van der Waals surface area contributed by atoms with E-state index < -0.39 is 16.0 Å². The van der Waals surface area contributed by atoms with Crippen LogP contribution in [0.25, 0.3) is 0 Å². The monoisotopic (exact) mass is 256 g/mol. The minimum absolute atomic E-state index is 0.185. The molecule has 1 aromatic rings. The fourth-order valence-electron chi connectivity index (χ4n) is 1.04. The Kier molecular flexibility index (Phi) is 4.39. The molecule has 0 aliphatic rings. The van der Waals surface area contributed by atoms with Gasteiger partial charge < -0.3 is 4.74 Å². The molecule has 1 aromatic heterocycles. The topological polar surface area (TPSA) is 64.3 Å². The highest BCUT2D eigenvalue weighted by atomic mass is 32.2. The highest BCUT2D eigenvalue weighted by Gasteiger charge is 2.21. The minimum Gasteiger partial charge on any atom is -0.461 e. The number of ether oxygens (including phenoxy) is 1. The van der Waals surface area contributed by atoms with Gasteiger partial charge in [-0.2, -0.15) is 8.42 Å². The Morgan fingerprint density at radius 2 is 1.88 bits per heavy atom. The van der Waals surface area contributed by atoms with E-state index in [2.05, 4.69) is 6.58 Å². The summed E-state index contributed by atoms with van der Waals surface area (Å²) < 4.78 is 29.3.